The molecule has 1 atom stereocenters. The normalized spacial score (nSPS) is 19.0. The molecule has 0 amide bonds. The van der Waals surface area contributed by atoms with E-state index in [-0.39, 0.29) is 0 Å². The van der Waals surface area contributed by atoms with Gasteiger partial charge in [0.15, 0.2) is 0 Å². The van der Waals surface area contributed by atoms with Gasteiger partial charge in [0.05, 0.1) is 18.9 Å². The van der Waals surface area contributed by atoms with Crippen molar-refractivity contribution in [2.75, 3.05) is 27.3 Å². The summed E-state index contributed by atoms with van der Waals surface area (Å²) in [5, 5.41) is 0. The fraction of sp³-hybridized carbons (Fsp3) is 0.500. The van der Waals surface area contributed by atoms with Gasteiger partial charge >= 0.3 is 0 Å². The summed E-state index contributed by atoms with van der Waals surface area (Å²) in [6.45, 7) is 4.84. The number of hydrogen-bond donors (Lipinski definition) is 0. The second-order valence-corrected chi connectivity index (χ2v) is 5.99. The third-order valence-electron chi connectivity index (χ3n) is 4.40. The Balaban J connectivity index is 1.72. The number of likely N-dealkylation sites (tertiary alicyclic amines) is 1. The zero-order valence-electron chi connectivity index (χ0n) is 14.0. The molecule has 1 aliphatic heterocycles. The molecule has 5 nitrogen and oxygen atoms in total. The van der Waals surface area contributed by atoms with E-state index < -0.39 is 0 Å². The van der Waals surface area contributed by atoms with Crippen molar-refractivity contribution in [1.82, 2.24) is 9.88 Å². The number of ether oxygens (including phenoxy) is 2. The van der Waals surface area contributed by atoms with Crippen LogP contribution in [-0.4, -0.2) is 43.3 Å². The molecule has 1 aromatic heterocycles. The molecule has 124 valence electrons. The fourth-order valence-electron chi connectivity index (χ4n) is 2.99. The smallest absolute Gasteiger partial charge is 0.226 e. The monoisotopic (exact) mass is 316 g/mol. The number of oxazole rings is 1. The molecule has 2 aromatic rings. The van der Waals surface area contributed by atoms with Gasteiger partial charge in [-0.2, -0.15) is 0 Å². The molecule has 23 heavy (non-hydrogen) atoms. The predicted molar refractivity (Wildman–Crippen MR) is 88.5 cm³/mol. The fourth-order valence-corrected chi connectivity index (χ4v) is 2.99. The Morgan fingerprint density at radius 1 is 1.26 bits per heavy atom. The minimum Gasteiger partial charge on any atom is -0.497 e. The lowest BCUT2D eigenvalue weighted by Gasteiger charge is -2.31. The first-order valence-corrected chi connectivity index (χ1v) is 8.05. The van der Waals surface area contributed by atoms with Crippen LogP contribution < -0.4 is 4.74 Å². The van der Waals surface area contributed by atoms with Gasteiger partial charge in [-0.25, -0.2) is 4.98 Å². The van der Waals surface area contributed by atoms with Crippen LogP contribution in [0.15, 0.2) is 28.7 Å². The molecule has 0 bridgehead atoms. The van der Waals surface area contributed by atoms with Gasteiger partial charge in [0.25, 0.3) is 0 Å². The minimum absolute atomic E-state index is 0.331. The molecule has 3 rings (SSSR count). The molecule has 0 spiro atoms. The van der Waals surface area contributed by atoms with Crippen molar-refractivity contribution in [2.45, 2.75) is 32.4 Å². The Morgan fingerprint density at radius 3 is 2.74 bits per heavy atom. The van der Waals surface area contributed by atoms with Gasteiger partial charge in [-0.1, -0.05) is 0 Å². The summed E-state index contributed by atoms with van der Waals surface area (Å²) in [6, 6.07) is 7.77. The van der Waals surface area contributed by atoms with E-state index in [1.807, 2.05) is 31.2 Å². The third-order valence-corrected chi connectivity index (χ3v) is 4.40. The van der Waals surface area contributed by atoms with Crippen LogP contribution in [0, 0.1) is 6.92 Å². The number of aromatic nitrogens is 1. The van der Waals surface area contributed by atoms with Gasteiger partial charge in [0, 0.05) is 25.8 Å². The number of rotatable bonds is 5. The zero-order valence-corrected chi connectivity index (χ0v) is 14.0. The van der Waals surface area contributed by atoms with E-state index in [9.17, 15) is 0 Å². The van der Waals surface area contributed by atoms with Crippen molar-refractivity contribution < 1.29 is 13.9 Å². The van der Waals surface area contributed by atoms with E-state index in [4.69, 9.17) is 18.9 Å². The quantitative estimate of drug-likeness (QED) is 0.847. The Bertz CT molecular complexity index is 636. The van der Waals surface area contributed by atoms with Crippen LogP contribution in [0.2, 0.25) is 0 Å². The van der Waals surface area contributed by atoms with Crippen LogP contribution in [-0.2, 0) is 11.3 Å². The molecule has 0 N–H and O–H groups in total. The maximum absolute atomic E-state index is 5.86. The second-order valence-electron chi connectivity index (χ2n) is 5.99. The average molecular weight is 316 g/mol. The lowest BCUT2D eigenvalue weighted by Crippen LogP contribution is -2.38. The number of methoxy groups -OCH3 is 2. The summed E-state index contributed by atoms with van der Waals surface area (Å²) >= 11 is 0. The van der Waals surface area contributed by atoms with Gasteiger partial charge in [-0.15, -0.1) is 0 Å². The highest BCUT2D eigenvalue weighted by atomic mass is 16.5. The van der Waals surface area contributed by atoms with Crippen molar-refractivity contribution in [3.63, 3.8) is 0 Å². The number of nitrogens with zero attached hydrogens (tertiary/aromatic N) is 2. The number of hydrogen-bond acceptors (Lipinski definition) is 5. The molecular formula is C18H24N2O3. The standard InChI is InChI=1S/C18H24N2O3/c1-13-17(12-20-10-4-5-16(11-20)22-3)19-18(23-13)14-6-8-15(21-2)9-7-14/h6-9,16H,4-5,10-12H2,1-3H3. The molecular weight excluding hydrogens is 292 g/mol. The highest BCUT2D eigenvalue weighted by molar-refractivity contribution is 5.55. The SMILES string of the molecule is COc1ccc(-c2nc(CN3CCCC(OC)C3)c(C)o2)cc1. The molecule has 0 saturated carbocycles. The van der Waals surface area contributed by atoms with Crippen molar-refractivity contribution in [2.24, 2.45) is 0 Å². The maximum Gasteiger partial charge on any atom is 0.226 e. The van der Waals surface area contributed by atoms with E-state index in [1.165, 1.54) is 6.42 Å². The van der Waals surface area contributed by atoms with Gasteiger partial charge in [0.2, 0.25) is 5.89 Å². The van der Waals surface area contributed by atoms with Crippen LogP contribution in [0.5, 0.6) is 5.75 Å². The van der Waals surface area contributed by atoms with Crippen molar-refractivity contribution in [3.8, 4) is 17.2 Å². The molecule has 1 saturated heterocycles. The predicted octanol–water partition coefficient (Wildman–Crippen LogP) is 3.27. The van der Waals surface area contributed by atoms with Crippen LogP contribution in [0.1, 0.15) is 24.3 Å². The first-order valence-electron chi connectivity index (χ1n) is 8.05. The number of piperidine rings is 1. The Morgan fingerprint density at radius 2 is 2.04 bits per heavy atom. The van der Waals surface area contributed by atoms with E-state index in [0.717, 1.165) is 48.8 Å². The number of aryl methyl sites for hydroxylation is 1. The van der Waals surface area contributed by atoms with Crippen molar-refractivity contribution >= 4 is 0 Å². The van der Waals surface area contributed by atoms with Crippen molar-refractivity contribution in [1.29, 1.82) is 0 Å². The van der Waals surface area contributed by atoms with Crippen molar-refractivity contribution in [3.05, 3.63) is 35.7 Å². The Kier molecular flexibility index (Phi) is 4.98. The topological polar surface area (TPSA) is 47.7 Å². The summed E-state index contributed by atoms with van der Waals surface area (Å²) in [7, 11) is 3.45. The van der Waals surface area contributed by atoms with Crippen LogP contribution >= 0.6 is 0 Å². The van der Waals surface area contributed by atoms with E-state index in [2.05, 4.69) is 4.90 Å². The third kappa shape index (κ3) is 3.74. The zero-order chi connectivity index (χ0) is 16.2. The van der Waals surface area contributed by atoms with E-state index >= 15 is 0 Å². The molecule has 0 aliphatic carbocycles. The molecule has 0 radical (unpaired) electrons. The van der Waals surface area contributed by atoms with Crippen LogP contribution in [0.3, 0.4) is 0 Å². The average Bonchev–Trinajstić information content (AvgIpc) is 2.96. The first kappa shape index (κ1) is 16.0. The van der Waals surface area contributed by atoms with Gasteiger partial charge < -0.3 is 13.9 Å². The summed E-state index contributed by atoms with van der Waals surface area (Å²) in [5.41, 5.74) is 1.97. The molecule has 5 heteroatoms. The van der Waals surface area contributed by atoms with E-state index in [1.54, 1.807) is 14.2 Å². The second kappa shape index (κ2) is 7.15. The number of benzene rings is 1. The maximum atomic E-state index is 5.86. The summed E-state index contributed by atoms with van der Waals surface area (Å²) < 4.78 is 16.5. The molecule has 1 aliphatic rings. The summed E-state index contributed by atoms with van der Waals surface area (Å²) in [5.74, 6) is 2.38. The first-order chi connectivity index (χ1) is 11.2. The summed E-state index contributed by atoms with van der Waals surface area (Å²) in [4.78, 5) is 7.08. The molecule has 1 unspecified atom stereocenters. The van der Waals surface area contributed by atoms with Gasteiger partial charge in [0.1, 0.15) is 11.5 Å². The van der Waals surface area contributed by atoms with E-state index in [0.29, 0.717) is 12.0 Å². The highest BCUT2D eigenvalue weighted by Gasteiger charge is 2.21. The lowest BCUT2D eigenvalue weighted by molar-refractivity contribution is 0.0280. The molecule has 1 aromatic carbocycles. The lowest BCUT2D eigenvalue weighted by atomic mass is 10.1. The van der Waals surface area contributed by atoms with Crippen LogP contribution in [0.4, 0.5) is 0 Å². The van der Waals surface area contributed by atoms with Gasteiger partial charge in [-0.05, 0) is 50.6 Å². The molecule has 2 heterocycles. The van der Waals surface area contributed by atoms with Gasteiger partial charge in [-0.3, -0.25) is 4.90 Å². The largest absolute Gasteiger partial charge is 0.497 e. The Hall–Kier alpha value is -1.85. The summed E-state index contributed by atoms with van der Waals surface area (Å²) in [6.07, 6.45) is 2.64. The molecule has 1 fully saturated rings. The Labute approximate surface area is 137 Å². The minimum atomic E-state index is 0.331. The van der Waals surface area contributed by atoms with Crippen LogP contribution in [0.25, 0.3) is 11.5 Å². The highest BCUT2D eigenvalue weighted by Crippen LogP contribution is 2.25.